The molecule has 1 unspecified atom stereocenters. The Morgan fingerprint density at radius 2 is 1.76 bits per heavy atom. The number of benzene rings is 1. The van der Waals surface area contributed by atoms with Gasteiger partial charge in [-0.05, 0) is 94.2 Å². The lowest BCUT2D eigenvalue weighted by molar-refractivity contribution is -0.137. The SMILES string of the molecule is C=NC(=N/C=C(\C)CC)N1CCC(COc2ccc(C3=CCC(C(=O)N4CCC(O)CC4)CC3)cc2)CC1. The number of guanidine groups is 1. The number of likely N-dealkylation sites (tertiary alicyclic amines) is 2. The summed E-state index contributed by atoms with van der Waals surface area (Å²) in [5.41, 5.74) is 3.77. The Kier molecular flexibility index (Phi) is 10.2. The van der Waals surface area contributed by atoms with Crippen molar-refractivity contribution in [2.75, 3.05) is 32.8 Å². The lowest BCUT2D eigenvalue weighted by Crippen LogP contribution is -2.43. The van der Waals surface area contributed by atoms with E-state index in [1.54, 1.807) is 0 Å². The summed E-state index contributed by atoms with van der Waals surface area (Å²) in [7, 11) is 0. The minimum absolute atomic E-state index is 0.0737. The summed E-state index contributed by atoms with van der Waals surface area (Å²) >= 11 is 0. The first-order valence-electron chi connectivity index (χ1n) is 14.3. The first-order chi connectivity index (χ1) is 18.5. The van der Waals surface area contributed by atoms with Crippen LogP contribution in [-0.2, 0) is 4.79 Å². The number of carbonyl (C=O) groups is 1. The molecule has 0 aromatic heterocycles. The average Bonchev–Trinajstić information content (AvgIpc) is 2.97. The lowest BCUT2D eigenvalue weighted by atomic mass is 9.85. The molecule has 2 fully saturated rings. The van der Waals surface area contributed by atoms with Crippen LogP contribution >= 0.6 is 0 Å². The number of hydrogen-bond acceptors (Lipinski definition) is 4. The van der Waals surface area contributed by atoms with Gasteiger partial charge >= 0.3 is 0 Å². The molecular formula is C31H44N4O3. The molecule has 1 aromatic carbocycles. The fraction of sp³-hybridized carbons (Fsp3) is 0.581. The van der Waals surface area contributed by atoms with Crippen LogP contribution in [-0.4, -0.2) is 72.4 Å². The van der Waals surface area contributed by atoms with Crippen molar-refractivity contribution >= 4 is 24.2 Å². The van der Waals surface area contributed by atoms with Crippen LogP contribution in [0, 0.1) is 11.8 Å². The van der Waals surface area contributed by atoms with E-state index in [4.69, 9.17) is 4.74 Å². The molecule has 206 valence electrons. The van der Waals surface area contributed by atoms with Crippen molar-refractivity contribution < 1.29 is 14.6 Å². The molecule has 0 radical (unpaired) electrons. The van der Waals surface area contributed by atoms with Crippen molar-refractivity contribution in [3.05, 3.63) is 47.7 Å². The van der Waals surface area contributed by atoms with Crippen molar-refractivity contribution in [3.63, 3.8) is 0 Å². The molecule has 1 amide bonds. The van der Waals surface area contributed by atoms with Gasteiger partial charge in [0, 0.05) is 38.3 Å². The monoisotopic (exact) mass is 520 g/mol. The number of aliphatic imine (C=N–C) groups is 2. The summed E-state index contributed by atoms with van der Waals surface area (Å²) in [6, 6.07) is 8.41. The molecule has 1 N–H and O–H groups in total. The minimum Gasteiger partial charge on any atom is -0.493 e. The largest absolute Gasteiger partial charge is 0.493 e. The van der Waals surface area contributed by atoms with Gasteiger partial charge in [0.05, 0.1) is 12.7 Å². The number of ether oxygens (including phenoxy) is 1. The van der Waals surface area contributed by atoms with Gasteiger partial charge in [-0.3, -0.25) is 4.79 Å². The van der Waals surface area contributed by atoms with Crippen LogP contribution in [0.1, 0.15) is 70.8 Å². The molecule has 1 atom stereocenters. The highest BCUT2D eigenvalue weighted by molar-refractivity contribution is 5.84. The highest BCUT2D eigenvalue weighted by Crippen LogP contribution is 2.32. The molecule has 7 nitrogen and oxygen atoms in total. The Morgan fingerprint density at radius 3 is 2.37 bits per heavy atom. The predicted molar refractivity (Wildman–Crippen MR) is 154 cm³/mol. The number of piperidine rings is 2. The second kappa shape index (κ2) is 13.7. The van der Waals surface area contributed by atoms with E-state index in [0.29, 0.717) is 37.8 Å². The number of nitrogens with zero attached hydrogens (tertiary/aromatic N) is 4. The summed E-state index contributed by atoms with van der Waals surface area (Å²) in [6.07, 6.45) is 11.0. The summed E-state index contributed by atoms with van der Waals surface area (Å²) in [5.74, 6) is 2.47. The third-order valence-electron chi connectivity index (χ3n) is 8.24. The number of aliphatic hydroxyl groups excluding tert-OH is 1. The normalized spacial score (nSPS) is 22.3. The average molecular weight is 521 g/mol. The third kappa shape index (κ3) is 7.56. The molecule has 2 aliphatic heterocycles. The van der Waals surface area contributed by atoms with Crippen LogP contribution in [0.25, 0.3) is 5.57 Å². The molecule has 3 aliphatic rings. The number of amides is 1. The van der Waals surface area contributed by atoms with Gasteiger partial charge in [-0.1, -0.05) is 30.7 Å². The molecule has 1 aromatic rings. The Balaban J connectivity index is 1.21. The van der Waals surface area contributed by atoms with E-state index in [2.05, 4.69) is 65.8 Å². The van der Waals surface area contributed by atoms with Crippen LogP contribution in [0.5, 0.6) is 5.75 Å². The Morgan fingerprint density at radius 1 is 1.08 bits per heavy atom. The van der Waals surface area contributed by atoms with E-state index in [1.165, 1.54) is 16.7 Å². The molecule has 2 saturated heterocycles. The molecule has 2 heterocycles. The third-order valence-corrected chi connectivity index (χ3v) is 8.24. The predicted octanol–water partition coefficient (Wildman–Crippen LogP) is 5.31. The van der Waals surface area contributed by atoms with E-state index >= 15 is 0 Å². The van der Waals surface area contributed by atoms with Crippen LogP contribution in [0.4, 0.5) is 0 Å². The Bertz CT molecular complexity index is 1030. The molecule has 0 saturated carbocycles. The number of aliphatic hydroxyl groups is 1. The quantitative estimate of drug-likeness (QED) is 0.390. The van der Waals surface area contributed by atoms with Gasteiger partial charge in [0.25, 0.3) is 0 Å². The maximum Gasteiger partial charge on any atom is 0.226 e. The van der Waals surface area contributed by atoms with Gasteiger partial charge in [0.2, 0.25) is 11.9 Å². The molecular weight excluding hydrogens is 476 g/mol. The summed E-state index contributed by atoms with van der Waals surface area (Å²) in [4.78, 5) is 25.7. The van der Waals surface area contributed by atoms with Gasteiger partial charge in [-0.15, -0.1) is 0 Å². The Labute approximate surface area is 228 Å². The highest BCUT2D eigenvalue weighted by atomic mass is 16.5. The van der Waals surface area contributed by atoms with Crippen LogP contribution in [0.15, 0.2) is 52.1 Å². The van der Waals surface area contributed by atoms with Gasteiger partial charge < -0.3 is 19.6 Å². The van der Waals surface area contributed by atoms with Crippen LogP contribution in [0.3, 0.4) is 0 Å². The number of allylic oxidation sites excluding steroid dienone is 3. The van der Waals surface area contributed by atoms with E-state index in [9.17, 15) is 9.90 Å². The van der Waals surface area contributed by atoms with E-state index < -0.39 is 0 Å². The Hall–Kier alpha value is -2.93. The lowest BCUT2D eigenvalue weighted by Gasteiger charge is -2.33. The highest BCUT2D eigenvalue weighted by Gasteiger charge is 2.29. The van der Waals surface area contributed by atoms with Crippen LogP contribution in [0.2, 0.25) is 0 Å². The first kappa shape index (κ1) is 28.1. The van der Waals surface area contributed by atoms with Crippen LogP contribution < -0.4 is 4.74 Å². The number of hydrogen-bond donors (Lipinski definition) is 1. The van der Waals surface area contributed by atoms with Gasteiger partial charge in [0.15, 0.2) is 0 Å². The first-order valence-corrected chi connectivity index (χ1v) is 14.3. The summed E-state index contributed by atoms with van der Waals surface area (Å²) in [6.45, 7) is 11.8. The maximum absolute atomic E-state index is 12.9. The van der Waals surface area contributed by atoms with E-state index in [-0.39, 0.29) is 17.9 Å². The molecule has 7 heteroatoms. The molecule has 1 aliphatic carbocycles. The van der Waals surface area contributed by atoms with Crippen molar-refractivity contribution in [3.8, 4) is 5.75 Å². The second-order valence-electron chi connectivity index (χ2n) is 10.9. The zero-order chi connectivity index (χ0) is 26.9. The summed E-state index contributed by atoms with van der Waals surface area (Å²) in [5, 5.41) is 9.70. The molecule has 38 heavy (non-hydrogen) atoms. The summed E-state index contributed by atoms with van der Waals surface area (Å²) < 4.78 is 6.15. The zero-order valence-corrected chi connectivity index (χ0v) is 23.1. The topological polar surface area (TPSA) is 77.7 Å². The standard InChI is InChI=1S/C31H44N4O3/c1-4-23(2)21-33-31(32-3)35-17-13-24(14-18-35)22-38-29-11-9-26(10-12-29)25-5-7-27(8-6-25)30(37)34-19-15-28(36)16-20-34/h5,9-12,21,24,27-28,36H,3-4,6-8,13-20,22H2,1-2H3/b23-21+,33-31?. The zero-order valence-electron chi connectivity index (χ0n) is 23.1. The second-order valence-corrected chi connectivity index (χ2v) is 10.9. The number of rotatable bonds is 7. The van der Waals surface area contributed by atoms with Crippen molar-refractivity contribution in [1.29, 1.82) is 0 Å². The van der Waals surface area contributed by atoms with Crippen molar-refractivity contribution in [2.45, 2.75) is 71.3 Å². The molecule has 4 rings (SSSR count). The van der Waals surface area contributed by atoms with Crippen molar-refractivity contribution in [1.82, 2.24) is 9.80 Å². The minimum atomic E-state index is -0.248. The van der Waals surface area contributed by atoms with Gasteiger partial charge in [-0.25, -0.2) is 9.98 Å². The fourth-order valence-corrected chi connectivity index (χ4v) is 5.43. The molecule has 0 bridgehead atoms. The van der Waals surface area contributed by atoms with E-state index in [0.717, 1.165) is 64.0 Å². The fourth-order valence-electron chi connectivity index (χ4n) is 5.43. The van der Waals surface area contributed by atoms with E-state index in [1.807, 2.05) is 11.1 Å². The maximum atomic E-state index is 12.9. The molecule has 0 spiro atoms. The van der Waals surface area contributed by atoms with Gasteiger partial charge in [-0.2, -0.15) is 0 Å². The van der Waals surface area contributed by atoms with Crippen molar-refractivity contribution in [2.24, 2.45) is 21.8 Å². The number of carbonyl (C=O) groups excluding carboxylic acids is 1. The smallest absolute Gasteiger partial charge is 0.226 e. The van der Waals surface area contributed by atoms with Gasteiger partial charge in [0.1, 0.15) is 5.75 Å².